The Morgan fingerprint density at radius 3 is 2.67 bits per heavy atom. The normalized spacial score (nSPS) is 18.3. The minimum absolute atomic E-state index is 0.0503. The first-order valence-corrected chi connectivity index (χ1v) is 9.73. The van der Waals surface area contributed by atoms with Crippen LogP contribution in [0, 0.1) is 5.92 Å². The number of carbonyl (C=O) groups is 2. The molecule has 0 aliphatic carbocycles. The lowest BCUT2D eigenvalue weighted by Crippen LogP contribution is -2.39. The zero-order valence-corrected chi connectivity index (χ0v) is 15.5. The molecule has 0 bridgehead atoms. The second-order valence-corrected chi connectivity index (χ2v) is 7.37. The fourth-order valence-corrected chi connectivity index (χ4v) is 4.06. The molecule has 2 aliphatic rings. The van der Waals surface area contributed by atoms with E-state index in [1.807, 2.05) is 34.1 Å². The molecule has 7 heteroatoms. The molecule has 27 heavy (non-hydrogen) atoms. The Morgan fingerprint density at radius 1 is 1.15 bits per heavy atom. The first-order valence-electron chi connectivity index (χ1n) is 9.73. The van der Waals surface area contributed by atoms with Crippen LogP contribution in [-0.4, -0.2) is 62.6 Å². The minimum atomic E-state index is 0.0503. The number of nitrogens with zero attached hydrogens (tertiary/aromatic N) is 5. The van der Waals surface area contributed by atoms with Gasteiger partial charge in [-0.3, -0.25) is 9.59 Å². The van der Waals surface area contributed by atoms with Crippen LogP contribution in [0.15, 0.2) is 36.9 Å². The summed E-state index contributed by atoms with van der Waals surface area (Å²) < 4.78 is 1.63. The van der Waals surface area contributed by atoms with E-state index in [1.54, 1.807) is 11.0 Å². The third kappa shape index (κ3) is 3.86. The van der Waals surface area contributed by atoms with E-state index < -0.39 is 0 Å². The summed E-state index contributed by atoms with van der Waals surface area (Å²) in [5.41, 5.74) is 1.42. The first kappa shape index (κ1) is 17.7. The quantitative estimate of drug-likeness (QED) is 0.812. The molecule has 7 nitrogen and oxygen atoms in total. The van der Waals surface area contributed by atoms with E-state index in [-0.39, 0.29) is 5.91 Å². The number of carbonyl (C=O) groups excluding carboxylic acids is 2. The van der Waals surface area contributed by atoms with Gasteiger partial charge in [0.2, 0.25) is 5.91 Å². The minimum Gasteiger partial charge on any atom is -0.343 e. The lowest BCUT2D eigenvalue weighted by Gasteiger charge is -2.33. The van der Waals surface area contributed by atoms with Crippen LogP contribution in [0.1, 0.15) is 42.5 Å². The topological polar surface area (TPSA) is 71.3 Å². The maximum atomic E-state index is 13.0. The van der Waals surface area contributed by atoms with E-state index in [4.69, 9.17) is 0 Å². The van der Waals surface area contributed by atoms with Crippen molar-refractivity contribution in [2.75, 3.05) is 26.2 Å². The summed E-state index contributed by atoms with van der Waals surface area (Å²) in [6.07, 6.45) is 7.83. The molecule has 142 valence electrons. The van der Waals surface area contributed by atoms with Crippen LogP contribution in [0.5, 0.6) is 0 Å². The standard InChI is InChI=1S/C20H25N5O2/c26-19-6-3-10-23(19)11-7-16-8-12-24(13-9-16)20(27)17-4-1-2-5-18(17)25-15-21-14-22-25/h1-2,4-5,14-16H,3,6-13H2. The highest BCUT2D eigenvalue weighted by atomic mass is 16.2. The molecule has 2 amide bonds. The molecule has 3 heterocycles. The van der Waals surface area contributed by atoms with Crippen molar-refractivity contribution in [2.24, 2.45) is 5.92 Å². The number of likely N-dealkylation sites (tertiary alicyclic amines) is 2. The molecule has 4 rings (SSSR count). The average molecular weight is 367 g/mol. The number of hydrogen-bond acceptors (Lipinski definition) is 4. The highest BCUT2D eigenvalue weighted by Gasteiger charge is 2.27. The zero-order chi connectivity index (χ0) is 18.6. The molecule has 2 saturated heterocycles. The lowest BCUT2D eigenvalue weighted by atomic mass is 9.93. The molecular formula is C20H25N5O2. The van der Waals surface area contributed by atoms with Crippen molar-refractivity contribution in [2.45, 2.75) is 32.1 Å². The van der Waals surface area contributed by atoms with E-state index in [0.29, 0.717) is 23.8 Å². The summed E-state index contributed by atoms with van der Waals surface area (Å²) in [6.45, 7) is 3.31. The second kappa shape index (κ2) is 7.90. The van der Waals surface area contributed by atoms with E-state index in [1.165, 1.54) is 6.33 Å². The van der Waals surface area contributed by atoms with Gasteiger partial charge in [0.15, 0.2) is 0 Å². The van der Waals surface area contributed by atoms with Crippen molar-refractivity contribution >= 4 is 11.8 Å². The Bertz CT molecular complexity index is 796. The first-order chi connectivity index (χ1) is 13.2. The summed E-state index contributed by atoms with van der Waals surface area (Å²) >= 11 is 0. The van der Waals surface area contributed by atoms with Crippen LogP contribution in [0.3, 0.4) is 0 Å². The van der Waals surface area contributed by atoms with Crippen LogP contribution in [0.2, 0.25) is 0 Å². The van der Waals surface area contributed by atoms with E-state index in [9.17, 15) is 9.59 Å². The molecular weight excluding hydrogens is 342 g/mol. The van der Waals surface area contributed by atoms with Gasteiger partial charge in [0.25, 0.3) is 5.91 Å². The van der Waals surface area contributed by atoms with Crippen LogP contribution < -0.4 is 0 Å². The Hall–Kier alpha value is -2.70. The number of rotatable bonds is 5. The maximum absolute atomic E-state index is 13.0. The van der Waals surface area contributed by atoms with Crippen molar-refractivity contribution in [3.63, 3.8) is 0 Å². The molecule has 0 saturated carbocycles. The Labute approximate surface area is 159 Å². The van der Waals surface area contributed by atoms with Gasteiger partial charge in [-0.1, -0.05) is 12.1 Å². The van der Waals surface area contributed by atoms with Crippen LogP contribution in [-0.2, 0) is 4.79 Å². The summed E-state index contributed by atoms with van der Waals surface area (Å²) in [5, 5.41) is 4.16. The van der Waals surface area contributed by atoms with Crippen molar-refractivity contribution < 1.29 is 9.59 Å². The molecule has 0 radical (unpaired) electrons. The van der Waals surface area contributed by atoms with E-state index in [0.717, 1.165) is 57.5 Å². The third-order valence-electron chi connectivity index (χ3n) is 5.68. The number of para-hydroxylation sites is 1. The van der Waals surface area contributed by atoms with E-state index in [2.05, 4.69) is 10.1 Å². The molecule has 2 aliphatic heterocycles. The average Bonchev–Trinajstić information content (AvgIpc) is 3.38. The maximum Gasteiger partial charge on any atom is 0.256 e. The van der Waals surface area contributed by atoms with Gasteiger partial charge in [-0.15, -0.1) is 0 Å². The van der Waals surface area contributed by atoms with Gasteiger partial charge in [-0.2, -0.15) is 5.10 Å². The van der Waals surface area contributed by atoms with Gasteiger partial charge >= 0.3 is 0 Å². The summed E-state index contributed by atoms with van der Waals surface area (Å²) in [7, 11) is 0. The molecule has 0 spiro atoms. The summed E-state index contributed by atoms with van der Waals surface area (Å²) in [4.78, 5) is 32.7. The largest absolute Gasteiger partial charge is 0.343 e. The Kier molecular flexibility index (Phi) is 5.18. The molecule has 1 aromatic carbocycles. The highest BCUT2D eigenvalue weighted by Crippen LogP contribution is 2.24. The second-order valence-electron chi connectivity index (χ2n) is 7.37. The molecule has 1 aromatic heterocycles. The van der Waals surface area contributed by atoms with Crippen LogP contribution >= 0.6 is 0 Å². The van der Waals surface area contributed by atoms with Crippen LogP contribution in [0.4, 0.5) is 0 Å². The molecule has 2 fully saturated rings. The predicted molar refractivity (Wildman–Crippen MR) is 100 cm³/mol. The smallest absolute Gasteiger partial charge is 0.256 e. The number of amides is 2. The van der Waals surface area contributed by atoms with Crippen molar-refractivity contribution in [3.05, 3.63) is 42.5 Å². The fraction of sp³-hybridized carbons (Fsp3) is 0.500. The third-order valence-corrected chi connectivity index (χ3v) is 5.68. The lowest BCUT2D eigenvalue weighted by molar-refractivity contribution is -0.127. The Balaban J connectivity index is 1.35. The number of aromatic nitrogens is 3. The van der Waals surface area contributed by atoms with Gasteiger partial charge in [-0.25, -0.2) is 9.67 Å². The summed E-state index contributed by atoms with van der Waals surface area (Å²) in [6, 6.07) is 7.53. The van der Waals surface area contributed by atoms with Crippen molar-refractivity contribution in [1.82, 2.24) is 24.6 Å². The van der Waals surface area contributed by atoms with E-state index >= 15 is 0 Å². The monoisotopic (exact) mass is 367 g/mol. The molecule has 0 N–H and O–H groups in total. The Morgan fingerprint density at radius 2 is 1.96 bits per heavy atom. The van der Waals surface area contributed by atoms with Gasteiger partial charge < -0.3 is 9.80 Å². The van der Waals surface area contributed by atoms with Gasteiger partial charge in [0, 0.05) is 32.6 Å². The highest BCUT2D eigenvalue weighted by molar-refractivity contribution is 5.97. The predicted octanol–water partition coefficient (Wildman–Crippen LogP) is 2.13. The molecule has 0 unspecified atom stereocenters. The number of hydrogen-bond donors (Lipinski definition) is 0. The molecule has 2 aromatic rings. The fourth-order valence-electron chi connectivity index (χ4n) is 4.06. The zero-order valence-electron chi connectivity index (χ0n) is 15.5. The SMILES string of the molecule is O=C1CCCN1CCC1CCN(C(=O)c2ccccc2-n2cncn2)CC1. The molecule has 0 atom stereocenters. The van der Waals surface area contributed by atoms with Crippen molar-refractivity contribution in [3.8, 4) is 5.69 Å². The van der Waals surface area contributed by atoms with Gasteiger partial charge in [0.1, 0.15) is 12.7 Å². The van der Waals surface area contributed by atoms with Crippen LogP contribution in [0.25, 0.3) is 5.69 Å². The number of piperidine rings is 1. The van der Waals surface area contributed by atoms with Gasteiger partial charge in [-0.05, 0) is 43.7 Å². The number of benzene rings is 1. The van der Waals surface area contributed by atoms with Gasteiger partial charge in [0.05, 0.1) is 11.3 Å². The summed E-state index contributed by atoms with van der Waals surface area (Å²) in [5.74, 6) is 0.939. The van der Waals surface area contributed by atoms with Crippen molar-refractivity contribution in [1.29, 1.82) is 0 Å².